The lowest BCUT2D eigenvalue weighted by atomic mass is 10.2. The Morgan fingerprint density at radius 3 is 2.32 bits per heavy atom. The van der Waals surface area contributed by atoms with E-state index in [0.29, 0.717) is 31.1 Å². The summed E-state index contributed by atoms with van der Waals surface area (Å²) in [5, 5.41) is 2.82. The van der Waals surface area contributed by atoms with Crippen LogP contribution in [0.25, 0.3) is 0 Å². The van der Waals surface area contributed by atoms with Crippen molar-refractivity contribution in [1.29, 1.82) is 0 Å². The summed E-state index contributed by atoms with van der Waals surface area (Å²) in [6, 6.07) is 16.4. The molecule has 1 amide bonds. The van der Waals surface area contributed by atoms with Crippen LogP contribution in [0.15, 0.2) is 59.5 Å². The Hall–Kier alpha value is -2.22. The maximum atomic E-state index is 12.5. The molecule has 7 heteroatoms. The zero-order chi connectivity index (χ0) is 20.0. The fraction of sp³-hybridized carbons (Fsp3) is 0.381. The number of ether oxygens (including phenoxy) is 1. The van der Waals surface area contributed by atoms with E-state index in [-0.39, 0.29) is 5.91 Å². The molecule has 3 rings (SSSR count). The molecule has 0 aliphatic carbocycles. The number of hydrogen-bond acceptors (Lipinski definition) is 4. The van der Waals surface area contributed by atoms with E-state index in [1.165, 1.54) is 4.31 Å². The van der Waals surface area contributed by atoms with Gasteiger partial charge in [-0.2, -0.15) is 4.31 Å². The highest BCUT2D eigenvalue weighted by atomic mass is 32.2. The van der Waals surface area contributed by atoms with Gasteiger partial charge in [-0.1, -0.05) is 42.5 Å². The van der Waals surface area contributed by atoms with Crippen LogP contribution in [0, 0.1) is 0 Å². The molecule has 1 unspecified atom stereocenters. The van der Waals surface area contributed by atoms with Crippen molar-refractivity contribution < 1.29 is 17.9 Å². The third kappa shape index (κ3) is 5.19. The van der Waals surface area contributed by atoms with Crippen molar-refractivity contribution in [3.05, 3.63) is 65.7 Å². The zero-order valence-corrected chi connectivity index (χ0v) is 16.8. The van der Waals surface area contributed by atoms with Crippen LogP contribution in [0.3, 0.4) is 0 Å². The largest absolute Gasteiger partial charge is 0.364 e. The minimum absolute atomic E-state index is 0.204. The standard InChI is InChI=1S/C21H26N2O4S/c1-17(27-16-19-7-3-2-4-8-19)21(24)22-15-18-9-11-20(12-10-18)28(25,26)23-13-5-6-14-23/h2-4,7-12,17H,5-6,13-16H2,1H3,(H,22,24). The summed E-state index contributed by atoms with van der Waals surface area (Å²) in [6.45, 7) is 3.58. The van der Waals surface area contributed by atoms with Crippen LogP contribution >= 0.6 is 0 Å². The lowest BCUT2D eigenvalue weighted by Crippen LogP contribution is -2.34. The second kappa shape index (κ2) is 9.32. The number of amides is 1. The molecule has 2 aromatic carbocycles. The molecule has 1 atom stereocenters. The van der Waals surface area contributed by atoms with Crippen molar-refractivity contribution in [1.82, 2.24) is 9.62 Å². The number of carbonyl (C=O) groups excluding carboxylic acids is 1. The molecule has 0 spiro atoms. The van der Waals surface area contributed by atoms with Crippen molar-refractivity contribution in [2.24, 2.45) is 0 Å². The van der Waals surface area contributed by atoms with Gasteiger partial charge in [-0.05, 0) is 43.0 Å². The van der Waals surface area contributed by atoms with Gasteiger partial charge in [-0.15, -0.1) is 0 Å². The van der Waals surface area contributed by atoms with Crippen LogP contribution in [-0.4, -0.2) is 37.8 Å². The molecule has 1 saturated heterocycles. The van der Waals surface area contributed by atoms with E-state index in [1.54, 1.807) is 31.2 Å². The SMILES string of the molecule is CC(OCc1ccccc1)C(=O)NCc1ccc(S(=O)(=O)N2CCCC2)cc1. The predicted octanol–water partition coefficient (Wildman–Crippen LogP) is 2.69. The highest BCUT2D eigenvalue weighted by molar-refractivity contribution is 7.89. The molecule has 0 bridgehead atoms. The Kier molecular flexibility index (Phi) is 6.83. The number of carbonyl (C=O) groups is 1. The number of sulfonamides is 1. The predicted molar refractivity (Wildman–Crippen MR) is 107 cm³/mol. The van der Waals surface area contributed by atoms with Gasteiger partial charge in [0.15, 0.2) is 0 Å². The van der Waals surface area contributed by atoms with Crippen molar-refractivity contribution >= 4 is 15.9 Å². The van der Waals surface area contributed by atoms with Gasteiger partial charge in [0.25, 0.3) is 0 Å². The topological polar surface area (TPSA) is 75.7 Å². The molecule has 1 fully saturated rings. The Labute approximate surface area is 166 Å². The van der Waals surface area contributed by atoms with E-state index < -0.39 is 16.1 Å². The van der Waals surface area contributed by atoms with Gasteiger partial charge >= 0.3 is 0 Å². The minimum atomic E-state index is -3.41. The second-order valence-corrected chi connectivity index (χ2v) is 8.85. The molecule has 28 heavy (non-hydrogen) atoms. The molecule has 1 N–H and O–H groups in total. The quantitative estimate of drug-likeness (QED) is 0.737. The van der Waals surface area contributed by atoms with Crippen molar-refractivity contribution in [3.63, 3.8) is 0 Å². The van der Waals surface area contributed by atoms with Gasteiger partial charge in [0.2, 0.25) is 15.9 Å². The number of nitrogens with zero attached hydrogens (tertiary/aromatic N) is 1. The summed E-state index contributed by atoms with van der Waals surface area (Å²) in [5.41, 5.74) is 1.85. The summed E-state index contributed by atoms with van der Waals surface area (Å²) >= 11 is 0. The van der Waals surface area contributed by atoms with Gasteiger partial charge in [0, 0.05) is 19.6 Å². The summed E-state index contributed by atoms with van der Waals surface area (Å²) in [7, 11) is -3.41. The highest BCUT2D eigenvalue weighted by Crippen LogP contribution is 2.21. The molecular formula is C21H26N2O4S. The molecule has 1 aliphatic rings. The van der Waals surface area contributed by atoms with Gasteiger partial charge in [0.05, 0.1) is 11.5 Å². The first-order chi connectivity index (χ1) is 13.5. The van der Waals surface area contributed by atoms with Crippen LogP contribution in [0.2, 0.25) is 0 Å². The van der Waals surface area contributed by atoms with E-state index in [1.807, 2.05) is 30.3 Å². The molecule has 1 aliphatic heterocycles. The Balaban J connectivity index is 1.49. The Morgan fingerprint density at radius 2 is 1.68 bits per heavy atom. The van der Waals surface area contributed by atoms with Crippen LogP contribution < -0.4 is 5.32 Å². The normalized spacial score (nSPS) is 16.0. The second-order valence-electron chi connectivity index (χ2n) is 6.91. The van der Waals surface area contributed by atoms with Gasteiger partial charge in [-0.3, -0.25) is 4.79 Å². The number of hydrogen-bond donors (Lipinski definition) is 1. The van der Waals surface area contributed by atoms with Gasteiger partial charge in [0.1, 0.15) is 6.10 Å². The molecule has 1 heterocycles. The summed E-state index contributed by atoms with van der Waals surface area (Å²) in [6.07, 6.45) is 1.25. The monoisotopic (exact) mass is 402 g/mol. The number of benzene rings is 2. The van der Waals surface area contributed by atoms with E-state index >= 15 is 0 Å². The first kappa shape index (κ1) is 20.5. The van der Waals surface area contributed by atoms with Crippen molar-refractivity contribution in [2.75, 3.05) is 13.1 Å². The van der Waals surface area contributed by atoms with Gasteiger partial charge in [-0.25, -0.2) is 8.42 Å². The van der Waals surface area contributed by atoms with Crippen LogP contribution in [-0.2, 0) is 32.7 Å². The molecule has 2 aromatic rings. The highest BCUT2D eigenvalue weighted by Gasteiger charge is 2.26. The van der Waals surface area contributed by atoms with Crippen LogP contribution in [0.4, 0.5) is 0 Å². The number of rotatable bonds is 8. The van der Waals surface area contributed by atoms with Crippen LogP contribution in [0.1, 0.15) is 30.9 Å². The lowest BCUT2D eigenvalue weighted by Gasteiger charge is -2.16. The average Bonchev–Trinajstić information content (AvgIpc) is 3.27. The fourth-order valence-corrected chi connectivity index (χ4v) is 4.58. The minimum Gasteiger partial charge on any atom is -0.364 e. The molecule has 150 valence electrons. The molecule has 0 radical (unpaired) electrons. The third-order valence-electron chi connectivity index (χ3n) is 4.80. The summed E-state index contributed by atoms with van der Waals surface area (Å²) < 4.78 is 32.2. The molecule has 0 saturated carbocycles. The van der Waals surface area contributed by atoms with E-state index in [0.717, 1.165) is 24.0 Å². The van der Waals surface area contributed by atoms with Gasteiger partial charge < -0.3 is 10.1 Å². The van der Waals surface area contributed by atoms with E-state index in [9.17, 15) is 13.2 Å². The smallest absolute Gasteiger partial charge is 0.249 e. The Bertz CT molecular complexity index is 876. The number of nitrogens with one attached hydrogen (secondary N) is 1. The lowest BCUT2D eigenvalue weighted by molar-refractivity contribution is -0.132. The van der Waals surface area contributed by atoms with Crippen molar-refractivity contribution in [3.8, 4) is 0 Å². The van der Waals surface area contributed by atoms with E-state index in [2.05, 4.69) is 5.32 Å². The maximum absolute atomic E-state index is 12.5. The van der Waals surface area contributed by atoms with E-state index in [4.69, 9.17) is 4.74 Å². The first-order valence-corrected chi connectivity index (χ1v) is 10.9. The summed E-state index contributed by atoms with van der Waals surface area (Å²) in [4.78, 5) is 12.5. The Morgan fingerprint density at radius 1 is 1.04 bits per heavy atom. The first-order valence-electron chi connectivity index (χ1n) is 9.49. The molecule has 0 aromatic heterocycles. The van der Waals surface area contributed by atoms with Crippen molar-refractivity contribution in [2.45, 2.75) is 43.9 Å². The zero-order valence-electron chi connectivity index (χ0n) is 16.0. The average molecular weight is 403 g/mol. The molecule has 6 nitrogen and oxygen atoms in total. The summed E-state index contributed by atoms with van der Waals surface area (Å²) in [5.74, 6) is -0.204. The third-order valence-corrected chi connectivity index (χ3v) is 6.72. The maximum Gasteiger partial charge on any atom is 0.249 e. The fourth-order valence-electron chi connectivity index (χ4n) is 3.06. The molecular weight excluding hydrogens is 376 g/mol. The van der Waals surface area contributed by atoms with Crippen LogP contribution in [0.5, 0.6) is 0 Å².